The van der Waals surface area contributed by atoms with Crippen molar-refractivity contribution in [1.82, 2.24) is 4.90 Å². The zero-order chi connectivity index (χ0) is 13.7. The van der Waals surface area contributed by atoms with E-state index in [9.17, 15) is 9.90 Å². The summed E-state index contributed by atoms with van der Waals surface area (Å²) in [5.74, 6) is -0.790. The minimum absolute atomic E-state index is 0.174. The van der Waals surface area contributed by atoms with Gasteiger partial charge in [0.05, 0.1) is 0 Å². The number of aliphatic hydroxyl groups excluding tert-OH is 1. The van der Waals surface area contributed by atoms with Crippen molar-refractivity contribution in [3.05, 3.63) is 35.9 Å². The fraction of sp³-hybridized carbons (Fsp3) is 0.533. The zero-order valence-electron chi connectivity index (χ0n) is 11.0. The Bertz CT molecular complexity index is 407. The maximum atomic E-state index is 11.6. The van der Waals surface area contributed by atoms with Crippen molar-refractivity contribution in [2.45, 2.75) is 37.8 Å². The Balaban J connectivity index is 2.17. The van der Waals surface area contributed by atoms with Crippen LogP contribution < -0.4 is 0 Å². The number of aliphatic carboxylic acids is 1. The van der Waals surface area contributed by atoms with Crippen LogP contribution in [0, 0.1) is 0 Å². The largest absolute Gasteiger partial charge is 0.480 e. The van der Waals surface area contributed by atoms with E-state index in [1.54, 1.807) is 0 Å². The Labute approximate surface area is 113 Å². The summed E-state index contributed by atoms with van der Waals surface area (Å²) in [7, 11) is 0. The first-order valence-electron chi connectivity index (χ1n) is 6.88. The molecule has 1 aromatic carbocycles. The Kier molecular flexibility index (Phi) is 4.93. The van der Waals surface area contributed by atoms with Gasteiger partial charge in [0.15, 0.2) is 0 Å². The first-order valence-corrected chi connectivity index (χ1v) is 6.88. The maximum Gasteiger partial charge on any atom is 0.325 e. The third kappa shape index (κ3) is 3.33. The van der Waals surface area contributed by atoms with Crippen LogP contribution in [0.15, 0.2) is 30.3 Å². The summed E-state index contributed by atoms with van der Waals surface area (Å²) < 4.78 is 0. The molecular formula is C15H21NO3. The lowest BCUT2D eigenvalue weighted by Crippen LogP contribution is -2.37. The number of hydrogen-bond acceptors (Lipinski definition) is 3. The molecule has 19 heavy (non-hydrogen) atoms. The van der Waals surface area contributed by atoms with Gasteiger partial charge < -0.3 is 10.2 Å². The van der Waals surface area contributed by atoms with Gasteiger partial charge in [0, 0.05) is 12.6 Å². The van der Waals surface area contributed by atoms with E-state index in [1.165, 1.54) is 0 Å². The van der Waals surface area contributed by atoms with E-state index in [4.69, 9.17) is 5.11 Å². The van der Waals surface area contributed by atoms with Crippen molar-refractivity contribution in [1.29, 1.82) is 0 Å². The highest BCUT2D eigenvalue weighted by molar-refractivity contribution is 5.75. The molecule has 2 rings (SSSR count). The predicted molar refractivity (Wildman–Crippen MR) is 72.9 cm³/mol. The minimum atomic E-state index is -0.790. The van der Waals surface area contributed by atoms with Gasteiger partial charge in [-0.25, -0.2) is 0 Å². The van der Waals surface area contributed by atoms with Gasteiger partial charge in [-0.05, 0) is 37.8 Å². The number of carboxylic acids is 1. The van der Waals surface area contributed by atoms with Gasteiger partial charge in [0.1, 0.15) is 6.04 Å². The summed E-state index contributed by atoms with van der Waals surface area (Å²) in [5.41, 5.74) is 0.839. The molecule has 4 nitrogen and oxygen atoms in total. The van der Waals surface area contributed by atoms with Crippen LogP contribution in [0.4, 0.5) is 0 Å². The molecule has 104 valence electrons. The summed E-state index contributed by atoms with van der Waals surface area (Å²) >= 11 is 0. The highest BCUT2D eigenvalue weighted by atomic mass is 16.4. The molecule has 0 radical (unpaired) electrons. The third-order valence-electron chi connectivity index (χ3n) is 3.80. The van der Waals surface area contributed by atoms with E-state index in [2.05, 4.69) is 4.90 Å². The lowest BCUT2D eigenvalue weighted by Gasteiger charge is -2.30. The molecule has 2 unspecified atom stereocenters. The van der Waals surface area contributed by atoms with Gasteiger partial charge >= 0.3 is 5.97 Å². The minimum Gasteiger partial charge on any atom is -0.480 e. The second-order valence-corrected chi connectivity index (χ2v) is 5.05. The Hall–Kier alpha value is -1.39. The quantitative estimate of drug-likeness (QED) is 0.824. The number of carboxylic acid groups (broad SMARTS) is 1. The fourth-order valence-electron chi connectivity index (χ4n) is 2.95. The second kappa shape index (κ2) is 6.68. The first-order chi connectivity index (χ1) is 9.24. The molecule has 4 heteroatoms. The monoisotopic (exact) mass is 263 g/mol. The van der Waals surface area contributed by atoms with Gasteiger partial charge in [0.2, 0.25) is 0 Å². The number of aliphatic hydroxyl groups is 1. The molecule has 0 aliphatic carbocycles. The van der Waals surface area contributed by atoms with Crippen molar-refractivity contribution in [3.8, 4) is 0 Å². The molecule has 1 aromatic rings. The molecule has 0 bridgehead atoms. The van der Waals surface area contributed by atoms with E-state index >= 15 is 0 Å². The van der Waals surface area contributed by atoms with Gasteiger partial charge in [0.25, 0.3) is 0 Å². The topological polar surface area (TPSA) is 60.8 Å². The zero-order valence-corrected chi connectivity index (χ0v) is 11.0. The van der Waals surface area contributed by atoms with E-state index in [1.807, 2.05) is 30.3 Å². The van der Waals surface area contributed by atoms with Crippen molar-refractivity contribution in [2.24, 2.45) is 0 Å². The second-order valence-electron chi connectivity index (χ2n) is 5.05. The van der Waals surface area contributed by atoms with Gasteiger partial charge in [-0.1, -0.05) is 30.3 Å². The molecule has 1 heterocycles. The Morgan fingerprint density at radius 2 is 2.11 bits per heavy atom. The maximum absolute atomic E-state index is 11.6. The van der Waals surface area contributed by atoms with E-state index in [0.29, 0.717) is 0 Å². The SMILES string of the molecule is O=C(O)C(c1ccccc1)N1CCCC1CCCO. The Morgan fingerprint density at radius 1 is 1.37 bits per heavy atom. The third-order valence-corrected chi connectivity index (χ3v) is 3.80. The highest BCUT2D eigenvalue weighted by Crippen LogP contribution is 2.31. The summed E-state index contributed by atoms with van der Waals surface area (Å²) in [6.45, 7) is 0.995. The van der Waals surface area contributed by atoms with E-state index in [0.717, 1.165) is 37.8 Å². The average Bonchev–Trinajstić information content (AvgIpc) is 2.85. The molecule has 0 saturated carbocycles. The smallest absolute Gasteiger partial charge is 0.325 e. The van der Waals surface area contributed by atoms with E-state index in [-0.39, 0.29) is 12.6 Å². The molecule has 0 aromatic heterocycles. The van der Waals surface area contributed by atoms with Crippen molar-refractivity contribution >= 4 is 5.97 Å². The van der Waals surface area contributed by atoms with Crippen LogP contribution in [0.2, 0.25) is 0 Å². The first kappa shape index (κ1) is 14.0. The van der Waals surface area contributed by atoms with Crippen LogP contribution >= 0.6 is 0 Å². The standard InChI is InChI=1S/C15H21NO3/c17-11-5-9-13-8-4-10-16(13)14(15(18)19)12-6-2-1-3-7-12/h1-3,6-7,13-14,17H,4-5,8-11H2,(H,18,19). The summed E-state index contributed by atoms with van der Waals surface area (Å²) in [4.78, 5) is 13.7. The summed E-state index contributed by atoms with van der Waals surface area (Å²) in [5, 5.41) is 18.5. The Morgan fingerprint density at radius 3 is 2.74 bits per heavy atom. The number of likely N-dealkylation sites (tertiary alicyclic amines) is 1. The summed E-state index contributed by atoms with van der Waals surface area (Å²) in [6.07, 6.45) is 3.67. The van der Waals surface area contributed by atoms with Crippen molar-refractivity contribution in [2.75, 3.05) is 13.2 Å². The summed E-state index contributed by atoms with van der Waals surface area (Å²) in [6, 6.07) is 9.12. The molecule has 1 aliphatic heterocycles. The number of hydrogen-bond donors (Lipinski definition) is 2. The number of carbonyl (C=O) groups is 1. The van der Waals surface area contributed by atoms with Crippen molar-refractivity contribution < 1.29 is 15.0 Å². The molecule has 1 aliphatic rings. The van der Waals surface area contributed by atoms with Gasteiger partial charge in [-0.15, -0.1) is 0 Å². The molecule has 1 saturated heterocycles. The van der Waals surface area contributed by atoms with Crippen LogP contribution in [0.1, 0.15) is 37.3 Å². The van der Waals surface area contributed by atoms with Crippen molar-refractivity contribution in [3.63, 3.8) is 0 Å². The molecule has 0 spiro atoms. The predicted octanol–water partition coefficient (Wildman–Crippen LogP) is 2.05. The van der Waals surface area contributed by atoms with Gasteiger partial charge in [-0.2, -0.15) is 0 Å². The molecule has 0 amide bonds. The van der Waals surface area contributed by atoms with Crippen LogP contribution in [-0.4, -0.2) is 40.3 Å². The van der Waals surface area contributed by atoms with Crippen LogP contribution in [0.5, 0.6) is 0 Å². The average molecular weight is 263 g/mol. The lowest BCUT2D eigenvalue weighted by molar-refractivity contribution is -0.144. The van der Waals surface area contributed by atoms with Crippen LogP contribution in [-0.2, 0) is 4.79 Å². The van der Waals surface area contributed by atoms with Gasteiger partial charge in [-0.3, -0.25) is 9.69 Å². The number of nitrogens with zero attached hydrogens (tertiary/aromatic N) is 1. The molecule has 2 N–H and O–H groups in total. The number of rotatable bonds is 6. The van der Waals surface area contributed by atoms with Crippen LogP contribution in [0.3, 0.4) is 0 Å². The lowest BCUT2D eigenvalue weighted by atomic mass is 10.0. The van der Waals surface area contributed by atoms with Crippen LogP contribution in [0.25, 0.3) is 0 Å². The normalized spacial score (nSPS) is 21.4. The number of benzene rings is 1. The highest BCUT2D eigenvalue weighted by Gasteiger charge is 2.35. The van der Waals surface area contributed by atoms with E-state index < -0.39 is 12.0 Å². The fourth-order valence-corrected chi connectivity index (χ4v) is 2.95. The molecule has 2 atom stereocenters. The molecule has 1 fully saturated rings. The molecular weight excluding hydrogens is 242 g/mol.